The van der Waals surface area contributed by atoms with Crippen LogP contribution in [0.25, 0.3) is 0 Å². The van der Waals surface area contributed by atoms with Gasteiger partial charge < -0.3 is 15.2 Å². The highest BCUT2D eigenvalue weighted by molar-refractivity contribution is 8.14. The van der Waals surface area contributed by atoms with Crippen molar-refractivity contribution in [3.8, 4) is 11.5 Å². The van der Waals surface area contributed by atoms with Crippen molar-refractivity contribution in [2.75, 3.05) is 12.4 Å². The number of aromatic nitrogens is 2. The SMILES string of the molecule is CCC1SC(=O)N(Cc2ccc(NC(=O)c3ccc(Cl)nn3)cc2)N=C1c1ccc(OC)c(O)c1. The normalized spacial score (nSPS) is 15.5. The molecule has 1 aliphatic rings. The third kappa shape index (κ3) is 5.72. The minimum Gasteiger partial charge on any atom is -0.504 e. The zero-order valence-corrected chi connectivity index (χ0v) is 20.5. The van der Waals surface area contributed by atoms with E-state index in [4.69, 9.17) is 16.3 Å². The third-order valence-electron chi connectivity index (χ3n) is 5.24. The second-order valence-corrected chi connectivity index (χ2v) is 9.14. The van der Waals surface area contributed by atoms with Crippen LogP contribution >= 0.6 is 23.4 Å². The van der Waals surface area contributed by atoms with Gasteiger partial charge in [0, 0.05) is 11.3 Å². The topological polar surface area (TPSA) is 117 Å². The fourth-order valence-corrected chi connectivity index (χ4v) is 4.47. The van der Waals surface area contributed by atoms with Crippen molar-refractivity contribution in [1.82, 2.24) is 15.2 Å². The minimum atomic E-state index is -0.410. The summed E-state index contributed by atoms with van der Waals surface area (Å²) in [6, 6.07) is 15.1. The minimum absolute atomic E-state index is 0.0122. The van der Waals surface area contributed by atoms with Crippen LogP contribution < -0.4 is 10.1 Å². The predicted molar refractivity (Wildman–Crippen MR) is 135 cm³/mol. The van der Waals surface area contributed by atoms with Crippen LogP contribution in [0.2, 0.25) is 5.15 Å². The molecule has 180 valence electrons. The van der Waals surface area contributed by atoms with Gasteiger partial charge in [-0.05, 0) is 54.4 Å². The van der Waals surface area contributed by atoms with E-state index in [-0.39, 0.29) is 33.6 Å². The summed E-state index contributed by atoms with van der Waals surface area (Å²) in [5.74, 6) is -0.0283. The van der Waals surface area contributed by atoms with E-state index in [1.165, 1.54) is 36.0 Å². The Morgan fingerprint density at radius 1 is 1.17 bits per heavy atom. The Balaban J connectivity index is 1.49. The number of carbonyl (C=O) groups is 2. The van der Waals surface area contributed by atoms with Gasteiger partial charge in [-0.1, -0.05) is 42.4 Å². The number of hydrogen-bond acceptors (Lipinski definition) is 8. The zero-order valence-electron chi connectivity index (χ0n) is 18.9. The Labute approximate surface area is 211 Å². The molecule has 2 amide bonds. The average Bonchev–Trinajstić information content (AvgIpc) is 2.86. The molecule has 2 N–H and O–H groups in total. The van der Waals surface area contributed by atoms with Crippen LogP contribution in [0.4, 0.5) is 10.5 Å². The zero-order chi connectivity index (χ0) is 24.9. The highest BCUT2D eigenvalue weighted by Gasteiger charge is 2.30. The lowest BCUT2D eigenvalue weighted by molar-refractivity contribution is 0.102. The molecule has 35 heavy (non-hydrogen) atoms. The van der Waals surface area contributed by atoms with Gasteiger partial charge in [0.2, 0.25) is 0 Å². The molecule has 0 spiro atoms. The standard InChI is InChI=1S/C24H22ClN5O4S/c1-3-20-22(15-6-10-19(34-2)18(31)12-15)29-30(24(33)35-20)13-14-4-7-16(8-5-14)26-23(32)17-9-11-21(25)28-27-17/h4-12,20,31H,3,13H2,1-2H3,(H,26,32). The van der Waals surface area contributed by atoms with Gasteiger partial charge >= 0.3 is 5.24 Å². The summed E-state index contributed by atoms with van der Waals surface area (Å²) in [5.41, 5.74) is 2.98. The lowest BCUT2D eigenvalue weighted by Crippen LogP contribution is -2.34. The van der Waals surface area contributed by atoms with E-state index in [0.717, 1.165) is 11.1 Å². The van der Waals surface area contributed by atoms with Crippen LogP contribution in [0.15, 0.2) is 59.7 Å². The van der Waals surface area contributed by atoms with Crippen LogP contribution in [-0.2, 0) is 6.54 Å². The quantitative estimate of drug-likeness (QED) is 0.461. The maximum atomic E-state index is 12.7. The van der Waals surface area contributed by atoms with Gasteiger partial charge in [-0.25, -0.2) is 5.01 Å². The Hall–Kier alpha value is -3.63. The van der Waals surface area contributed by atoms with E-state index in [0.29, 0.717) is 23.6 Å². The van der Waals surface area contributed by atoms with Gasteiger partial charge in [0.05, 0.1) is 24.6 Å². The maximum absolute atomic E-state index is 12.7. The van der Waals surface area contributed by atoms with Crippen molar-refractivity contribution in [2.24, 2.45) is 5.10 Å². The molecular weight excluding hydrogens is 490 g/mol. The van der Waals surface area contributed by atoms with Gasteiger partial charge in [-0.2, -0.15) is 5.10 Å². The highest BCUT2D eigenvalue weighted by Crippen LogP contribution is 2.33. The number of thioether (sulfide) groups is 1. The van der Waals surface area contributed by atoms with Crippen molar-refractivity contribution >= 4 is 45.9 Å². The molecule has 1 aliphatic heterocycles. The second kappa shape index (κ2) is 10.7. The van der Waals surface area contributed by atoms with E-state index in [9.17, 15) is 14.7 Å². The number of hydrazone groups is 1. The molecule has 0 fully saturated rings. The van der Waals surface area contributed by atoms with E-state index in [2.05, 4.69) is 20.6 Å². The number of nitrogens with one attached hydrogen (secondary N) is 1. The summed E-state index contributed by atoms with van der Waals surface area (Å²) < 4.78 is 5.12. The van der Waals surface area contributed by atoms with Gasteiger partial charge in [-0.15, -0.1) is 10.2 Å². The molecule has 0 aliphatic carbocycles. The van der Waals surface area contributed by atoms with Gasteiger partial charge in [0.25, 0.3) is 5.91 Å². The molecule has 0 saturated carbocycles. The van der Waals surface area contributed by atoms with Gasteiger partial charge in [0.1, 0.15) is 0 Å². The highest BCUT2D eigenvalue weighted by atomic mass is 35.5. The van der Waals surface area contributed by atoms with Crippen LogP contribution in [0, 0.1) is 0 Å². The molecule has 1 atom stereocenters. The molecule has 4 rings (SSSR count). The monoisotopic (exact) mass is 511 g/mol. The lowest BCUT2D eigenvalue weighted by atomic mass is 10.0. The van der Waals surface area contributed by atoms with E-state index in [1.54, 1.807) is 36.4 Å². The van der Waals surface area contributed by atoms with Gasteiger partial charge in [0.15, 0.2) is 22.3 Å². The molecule has 0 bridgehead atoms. The number of amides is 2. The smallest absolute Gasteiger partial charge is 0.302 e. The summed E-state index contributed by atoms with van der Waals surface area (Å²) in [6.07, 6.45) is 0.711. The molecule has 2 aromatic carbocycles. The van der Waals surface area contributed by atoms with Crippen molar-refractivity contribution in [3.05, 3.63) is 76.6 Å². The first-order chi connectivity index (χ1) is 16.9. The summed E-state index contributed by atoms with van der Waals surface area (Å²) in [7, 11) is 1.49. The van der Waals surface area contributed by atoms with Gasteiger partial charge in [-0.3, -0.25) is 9.59 Å². The number of halogens is 1. The van der Waals surface area contributed by atoms with Crippen LogP contribution in [0.3, 0.4) is 0 Å². The number of methoxy groups -OCH3 is 1. The molecule has 11 heteroatoms. The Bertz CT molecular complexity index is 1270. The number of benzene rings is 2. The fourth-order valence-electron chi connectivity index (χ4n) is 3.44. The predicted octanol–water partition coefficient (Wildman–Crippen LogP) is 4.95. The number of rotatable bonds is 7. The summed E-state index contributed by atoms with van der Waals surface area (Å²) >= 11 is 6.91. The van der Waals surface area contributed by atoms with Crippen LogP contribution in [0.5, 0.6) is 11.5 Å². The first kappa shape index (κ1) is 24.5. The Kier molecular flexibility index (Phi) is 7.52. The number of nitrogens with zero attached hydrogens (tertiary/aromatic N) is 4. The van der Waals surface area contributed by atoms with E-state index in [1.807, 2.05) is 13.0 Å². The van der Waals surface area contributed by atoms with E-state index >= 15 is 0 Å². The lowest BCUT2D eigenvalue weighted by Gasteiger charge is -2.28. The van der Waals surface area contributed by atoms with Crippen LogP contribution in [-0.4, -0.2) is 49.5 Å². The summed E-state index contributed by atoms with van der Waals surface area (Å²) in [5, 5.41) is 26.3. The number of phenolic OH excluding ortho intramolecular Hbond substituents is 1. The summed E-state index contributed by atoms with van der Waals surface area (Å²) in [6.45, 7) is 2.24. The first-order valence-electron chi connectivity index (χ1n) is 10.7. The van der Waals surface area contributed by atoms with Crippen molar-refractivity contribution in [2.45, 2.75) is 25.1 Å². The number of aromatic hydroxyl groups is 1. The average molecular weight is 512 g/mol. The van der Waals surface area contributed by atoms with Crippen molar-refractivity contribution in [3.63, 3.8) is 0 Å². The number of carbonyl (C=O) groups excluding carboxylic acids is 2. The fraction of sp³-hybridized carbons (Fsp3) is 0.208. The number of ether oxygens (including phenoxy) is 1. The number of anilines is 1. The first-order valence-corrected chi connectivity index (χ1v) is 12.0. The molecule has 0 radical (unpaired) electrons. The molecule has 9 nitrogen and oxygen atoms in total. The molecule has 3 aromatic rings. The van der Waals surface area contributed by atoms with Crippen LogP contribution in [0.1, 0.15) is 35.0 Å². The van der Waals surface area contributed by atoms with Crippen molar-refractivity contribution in [1.29, 1.82) is 0 Å². The molecule has 0 saturated heterocycles. The van der Waals surface area contributed by atoms with E-state index < -0.39 is 5.91 Å². The Morgan fingerprint density at radius 3 is 2.57 bits per heavy atom. The summed E-state index contributed by atoms with van der Waals surface area (Å²) in [4.78, 5) is 25.0. The third-order valence-corrected chi connectivity index (χ3v) is 6.70. The number of hydrogen-bond donors (Lipinski definition) is 2. The number of phenols is 1. The molecule has 1 aromatic heterocycles. The molecule has 2 heterocycles. The Morgan fingerprint density at radius 2 is 1.94 bits per heavy atom. The molecular formula is C24H22ClN5O4S. The largest absolute Gasteiger partial charge is 0.504 e. The van der Waals surface area contributed by atoms with Crippen molar-refractivity contribution < 1.29 is 19.4 Å². The second-order valence-electron chi connectivity index (χ2n) is 7.60. The maximum Gasteiger partial charge on any atom is 0.302 e. The molecule has 1 unspecified atom stereocenters.